The van der Waals surface area contributed by atoms with Crippen LogP contribution >= 0.6 is 0 Å². The summed E-state index contributed by atoms with van der Waals surface area (Å²) in [5, 5.41) is 12.4. The number of hydrogen-bond donors (Lipinski definition) is 2. The first kappa shape index (κ1) is 13.5. The number of carbonyl (C=O) groups excluding carboxylic acids is 1. The summed E-state index contributed by atoms with van der Waals surface area (Å²) in [6.45, 7) is 3.72. The molecule has 1 saturated carbocycles. The van der Waals surface area contributed by atoms with Crippen molar-refractivity contribution in [2.75, 3.05) is 13.7 Å². The lowest BCUT2D eigenvalue weighted by atomic mass is 9.95. The molecule has 0 aromatic rings. The van der Waals surface area contributed by atoms with Crippen molar-refractivity contribution in [3.05, 3.63) is 0 Å². The molecule has 1 amide bonds. The smallest absolute Gasteiger partial charge is 0.252 e. The fourth-order valence-corrected chi connectivity index (χ4v) is 2.15. The molecule has 1 fully saturated rings. The van der Waals surface area contributed by atoms with Gasteiger partial charge >= 0.3 is 0 Å². The molecule has 1 atom stereocenters. The number of carbonyl (C=O) groups is 1. The molecule has 1 unspecified atom stereocenters. The van der Waals surface area contributed by atoms with E-state index in [1.807, 2.05) is 6.92 Å². The van der Waals surface area contributed by atoms with Crippen LogP contribution in [0.15, 0.2) is 0 Å². The van der Waals surface area contributed by atoms with Gasteiger partial charge < -0.3 is 15.2 Å². The molecule has 1 rings (SSSR count). The molecule has 94 valence electrons. The van der Waals surface area contributed by atoms with Gasteiger partial charge in [0.15, 0.2) is 0 Å². The third kappa shape index (κ3) is 2.55. The number of nitrogens with one attached hydrogen (secondary N) is 1. The van der Waals surface area contributed by atoms with E-state index in [1.165, 1.54) is 0 Å². The van der Waals surface area contributed by atoms with E-state index < -0.39 is 11.1 Å². The predicted molar refractivity (Wildman–Crippen MR) is 62.1 cm³/mol. The highest BCUT2D eigenvalue weighted by Crippen LogP contribution is 2.30. The molecule has 0 saturated heterocycles. The molecule has 1 aliphatic rings. The molecule has 2 N–H and O–H groups in total. The molecule has 1 aliphatic carbocycles. The van der Waals surface area contributed by atoms with Gasteiger partial charge in [0, 0.05) is 7.11 Å². The highest BCUT2D eigenvalue weighted by molar-refractivity contribution is 5.85. The summed E-state index contributed by atoms with van der Waals surface area (Å²) in [5.74, 6) is -0.117. The predicted octanol–water partition coefficient (Wildman–Crippen LogP) is 1.22. The van der Waals surface area contributed by atoms with Gasteiger partial charge in [0.05, 0.1) is 12.1 Å². The van der Waals surface area contributed by atoms with Crippen molar-refractivity contribution in [2.24, 2.45) is 0 Å². The minimum atomic E-state index is -0.787. The number of amides is 1. The van der Waals surface area contributed by atoms with E-state index in [-0.39, 0.29) is 12.5 Å². The molecule has 0 aromatic heterocycles. The zero-order valence-electron chi connectivity index (χ0n) is 10.5. The van der Waals surface area contributed by atoms with E-state index >= 15 is 0 Å². The van der Waals surface area contributed by atoms with Crippen LogP contribution in [-0.4, -0.2) is 35.9 Å². The van der Waals surface area contributed by atoms with E-state index in [9.17, 15) is 9.90 Å². The number of aliphatic hydroxyl groups is 1. The Bertz CT molecular complexity index is 243. The summed E-state index contributed by atoms with van der Waals surface area (Å²) in [5.41, 5.74) is -1.20. The molecule has 4 heteroatoms. The van der Waals surface area contributed by atoms with Crippen LogP contribution in [0.1, 0.15) is 46.0 Å². The van der Waals surface area contributed by atoms with E-state index in [4.69, 9.17) is 4.74 Å². The topological polar surface area (TPSA) is 58.6 Å². The minimum Gasteiger partial charge on any atom is -0.394 e. The second-order valence-electron chi connectivity index (χ2n) is 4.89. The fourth-order valence-electron chi connectivity index (χ4n) is 2.15. The highest BCUT2D eigenvalue weighted by atomic mass is 16.5. The van der Waals surface area contributed by atoms with Crippen LogP contribution in [0.2, 0.25) is 0 Å². The number of aliphatic hydroxyl groups excluding tert-OH is 1. The summed E-state index contributed by atoms with van der Waals surface area (Å²) in [6.07, 6.45) is 4.47. The third-order valence-corrected chi connectivity index (χ3v) is 3.85. The molecular weight excluding hydrogens is 206 g/mol. The Morgan fingerprint density at radius 1 is 1.50 bits per heavy atom. The zero-order valence-corrected chi connectivity index (χ0v) is 10.5. The molecule has 0 heterocycles. The molecular formula is C12H23NO3. The SMILES string of the molecule is CCC(C)(OC)C(=O)NC1(CO)CCCC1. The van der Waals surface area contributed by atoms with Crippen molar-refractivity contribution in [3.63, 3.8) is 0 Å². The van der Waals surface area contributed by atoms with Crippen LogP contribution in [0.5, 0.6) is 0 Å². The summed E-state index contributed by atoms with van der Waals surface area (Å²) in [4.78, 5) is 12.1. The van der Waals surface area contributed by atoms with E-state index in [1.54, 1.807) is 14.0 Å². The first-order chi connectivity index (χ1) is 7.52. The standard InChI is InChI=1S/C12H23NO3/c1-4-11(2,16-3)10(15)13-12(9-14)7-5-6-8-12/h14H,4-9H2,1-3H3,(H,13,15). The average molecular weight is 229 g/mol. The molecule has 0 spiro atoms. The molecule has 0 aromatic carbocycles. The van der Waals surface area contributed by atoms with E-state index in [0.29, 0.717) is 6.42 Å². The number of rotatable bonds is 5. The summed E-state index contributed by atoms with van der Waals surface area (Å²) >= 11 is 0. The van der Waals surface area contributed by atoms with Crippen molar-refractivity contribution in [2.45, 2.75) is 57.1 Å². The Kier molecular flexibility index (Phi) is 4.33. The van der Waals surface area contributed by atoms with Crippen molar-refractivity contribution >= 4 is 5.91 Å². The number of ether oxygens (including phenoxy) is 1. The Balaban J connectivity index is 2.68. The molecule has 0 bridgehead atoms. The minimum absolute atomic E-state index is 0.0161. The van der Waals surface area contributed by atoms with Crippen LogP contribution in [0.4, 0.5) is 0 Å². The largest absolute Gasteiger partial charge is 0.394 e. The highest BCUT2D eigenvalue weighted by Gasteiger charge is 2.40. The van der Waals surface area contributed by atoms with Gasteiger partial charge in [0.1, 0.15) is 5.60 Å². The first-order valence-corrected chi connectivity index (χ1v) is 6.00. The van der Waals surface area contributed by atoms with Gasteiger partial charge in [0.2, 0.25) is 0 Å². The van der Waals surface area contributed by atoms with Crippen LogP contribution in [0.3, 0.4) is 0 Å². The van der Waals surface area contributed by atoms with Crippen molar-refractivity contribution < 1.29 is 14.6 Å². The molecule has 0 aliphatic heterocycles. The van der Waals surface area contributed by atoms with Crippen molar-refractivity contribution in [1.29, 1.82) is 0 Å². The van der Waals surface area contributed by atoms with E-state index in [0.717, 1.165) is 25.7 Å². The van der Waals surface area contributed by atoms with Crippen LogP contribution in [0, 0.1) is 0 Å². The maximum atomic E-state index is 12.1. The lowest BCUT2D eigenvalue weighted by molar-refractivity contribution is -0.144. The normalized spacial score (nSPS) is 22.8. The Labute approximate surface area is 97.4 Å². The lowest BCUT2D eigenvalue weighted by Crippen LogP contribution is -2.56. The number of hydrogen-bond acceptors (Lipinski definition) is 3. The van der Waals surface area contributed by atoms with Gasteiger partial charge in [-0.3, -0.25) is 4.79 Å². The third-order valence-electron chi connectivity index (χ3n) is 3.85. The van der Waals surface area contributed by atoms with Gasteiger partial charge in [-0.05, 0) is 26.2 Å². The van der Waals surface area contributed by atoms with Crippen LogP contribution in [0.25, 0.3) is 0 Å². The van der Waals surface area contributed by atoms with Gasteiger partial charge in [0.25, 0.3) is 5.91 Å². The Morgan fingerprint density at radius 3 is 2.44 bits per heavy atom. The fraction of sp³-hybridized carbons (Fsp3) is 0.917. The summed E-state index contributed by atoms with van der Waals surface area (Å²) in [7, 11) is 1.54. The summed E-state index contributed by atoms with van der Waals surface area (Å²) < 4.78 is 5.25. The molecule has 16 heavy (non-hydrogen) atoms. The summed E-state index contributed by atoms with van der Waals surface area (Å²) in [6, 6.07) is 0. The number of methoxy groups -OCH3 is 1. The Hall–Kier alpha value is -0.610. The first-order valence-electron chi connectivity index (χ1n) is 6.00. The van der Waals surface area contributed by atoms with Gasteiger partial charge in [-0.2, -0.15) is 0 Å². The lowest BCUT2D eigenvalue weighted by Gasteiger charge is -2.33. The molecule has 4 nitrogen and oxygen atoms in total. The average Bonchev–Trinajstić information content (AvgIpc) is 2.77. The van der Waals surface area contributed by atoms with Gasteiger partial charge in [-0.1, -0.05) is 19.8 Å². The maximum absolute atomic E-state index is 12.1. The van der Waals surface area contributed by atoms with Crippen molar-refractivity contribution in [3.8, 4) is 0 Å². The second-order valence-corrected chi connectivity index (χ2v) is 4.89. The van der Waals surface area contributed by atoms with Crippen molar-refractivity contribution in [1.82, 2.24) is 5.32 Å². The second kappa shape index (κ2) is 5.15. The van der Waals surface area contributed by atoms with Crippen LogP contribution < -0.4 is 5.32 Å². The van der Waals surface area contributed by atoms with Crippen LogP contribution in [-0.2, 0) is 9.53 Å². The maximum Gasteiger partial charge on any atom is 0.252 e. The van der Waals surface area contributed by atoms with Gasteiger partial charge in [-0.25, -0.2) is 0 Å². The zero-order chi connectivity index (χ0) is 12.2. The van der Waals surface area contributed by atoms with E-state index in [2.05, 4.69) is 5.32 Å². The Morgan fingerprint density at radius 2 is 2.06 bits per heavy atom. The monoisotopic (exact) mass is 229 g/mol. The van der Waals surface area contributed by atoms with Gasteiger partial charge in [-0.15, -0.1) is 0 Å². The quantitative estimate of drug-likeness (QED) is 0.745. The molecule has 0 radical (unpaired) electrons.